The Labute approximate surface area is 112 Å². The molecule has 0 spiro atoms. The maximum absolute atomic E-state index is 11.0. The Morgan fingerprint density at radius 3 is 2.40 bits per heavy atom. The first-order valence-corrected chi connectivity index (χ1v) is 7.49. The lowest BCUT2D eigenvalue weighted by Crippen LogP contribution is -1.97. The molecule has 0 heterocycles. The first kappa shape index (κ1) is 13.1. The van der Waals surface area contributed by atoms with E-state index in [4.69, 9.17) is 10.7 Å². The Morgan fingerprint density at radius 1 is 1.47 bits per heavy atom. The Morgan fingerprint density at radius 2 is 2.00 bits per heavy atom. The molecule has 9 heteroatoms. The van der Waals surface area contributed by atoms with Crippen LogP contribution in [0.1, 0.15) is 0 Å². The number of rotatable bonds is 2. The summed E-state index contributed by atoms with van der Waals surface area (Å²) in [4.78, 5) is 9.62. The van der Waals surface area contributed by atoms with Gasteiger partial charge in [0.2, 0.25) is 0 Å². The molecule has 0 radical (unpaired) electrons. The fraction of sp³-hybridized carbons (Fsp3) is 0. The number of hydrogen-bond donors (Lipinski definition) is 0. The fourth-order valence-electron chi connectivity index (χ4n) is 0.824. The van der Waals surface area contributed by atoms with E-state index in [1.54, 1.807) is 22.6 Å². The fourth-order valence-corrected chi connectivity index (χ4v) is 2.80. The monoisotopic (exact) mass is 425 g/mol. The molecule has 5 nitrogen and oxygen atoms in total. The van der Waals surface area contributed by atoms with Crippen LogP contribution >= 0.6 is 49.2 Å². The molecule has 1 aromatic carbocycles. The van der Waals surface area contributed by atoms with E-state index in [0.717, 1.165) is 6.07 Å². The maximum Gasteiger partial charge on any atom is 0.285 e. The van der Waals surface area contributed by atoms with Crippen molar-refractivity contribution in [3.05, 3.63) is 30.3 Å². The second kappa shape index (κ2) is 4.52. The molecule has 0 aromatic heterocycles. The van der Waals surface area contributed by atoms with Crippen LogP contribution in [0.4, 0.5) is 5.69 Å². The molecule has 0 N–H and O–H groups in total. The van der Waals surface area contributed by atoms with Gasteiger partial charge in [-0.25, -0.2) is 8.42 Å². The molecule has 0 saturated heterocycles. The second-order valence-corrected chi connectivity index (χ2v) is 6.95. The third-order valence-corrected chi connectivity index (χ3v) is 5.22. The highest BCUT2D eigenvalue weighted by Gasteiger charge is 2.21. The molecule has 1 rings (SSSR count). The van der Waals surface area contributed by atoms with Gasteiger partial charge in [0.1, 0.15) is 4.47 Å². The minimum atomic E-state index is -3.96. The summed E-state index contributed by atoms with van der Waals surface area (Å²) in [7, 11) is 1.13. The van der Waals surface area contributed by atoms with Gasteiger partial charge in [0.05, 0.1) is 9.82 Å². The number of hydrogen-bond acceptors (Lipinski definition) is 4. The van der Waals surface area contributed by atoms with Crippen LogP contribution in [0.15, 0.2) is 21.5 Å². The second-order valence-electron chi connectivity index (χ2n) is 2.43. The van der Waals surface area contributed by atoms with Gasteiger partial charge in [-0.3, -0.25) is 10.1 Å². The number of nitrogens with zero attached hydrogens (tertiary/aromatic N) is 1. The van der Waals surface area contributed by atoms with Crippen LogP contribution in [0.2, 0.25) is 0 Å². The molecular formula is C6H2BrClINO4S. The van der Waals surface area contributed by atoms with Crippen molar-refractivity contribution < 1.29 is 13.3 Å². The standard InChI is InChI=1S/C6H2BrClINO4S/c7-6-4(9)1-3(15(8,13)14)2-5(6)10(11)12/h1-2H. The molecule has 82 valence electrons. The van der Waals surface area contributed by atoms with Gasteiger partial charge in [0.15, 0.2) is 0 Å². The minimum Gasteiger partial charge on any atom is -0.258 e. The number of nitro groups is 1. The van der Waals surface area contributed by atoms with Crippen LogP contribution in [-0.2, 0) is 9.05 Å². The lowest BCUT2D eigenvalue weighted by Gasteiger charge is -2.01. The topological polar surface area (TPSA) is 77.3 Å². The molecule has 0 aliphatic heterocycles. The molecule has 0 atom stereocenters. The summed E-state index contributed by atoms with van der Waals surface area (Å²) in [5.74, 6) is 0. The average molecular weight is 426 g/mol. The van der Waals surface area contributed by atoms with Crippen molar-refractivity contribution in [2.24, 2.45) is 0 Å². The van der Waals surface area contributed by atoms with E-state index >= 15 is 0 Å². The van der Waals surface area contributed by atoms with Crippen LogP contribution in [-0.4, -0.2) is 13.3 Å². The van der Waals surface area contributed by atoms with E-state index in [1.807, 2.05) is 0 Å². The highest BCUT2D eigenvalue weighted by atomic mass is 127. The Kier molecular flexibility index (Phi) is 3.95. The third kappa shape index (κ3) is 3.02. The Balaban J connectivity index is 3.57. The summed E-state index contributed by atoms with van der Waals surface area (Å²) in [5.41, 5.74) is -0.332. The van der Waals surface area contributed by atoms with E-state index in [-0.39, 0.29) is 15.1 Å². The summed E-state index contributed by atoms with van der Waals surface area (Å²) in [6.45, 7) is 0. The Hall–Kier alpha value is 0.0700. The van der Waals surface area contributed by atoms with Crippen LogP contribution in [0.3, 0.4) is 0 Å². The van der Waals surface area contributed by atoms with Crippen molar-refractivity contribution >= 4 is 63.9 Å². The van der Waals surface area contributed by atoms with E-state index in [0.29, 0.717) is 3.57 Å². The smallest absolute Gasteiger partial charge is 0.258 e. The van der Waals surface area contributed by atoms with Crippen LogP contribution in [0.5, 0.6) is 0 Å². The Bertz CT molecular complexity index is 532. The van der Waals surface area contributed by atoms with E-state index in [1.165, 1.54) is 6.07 Å². The molecule has 0 unspecified atom stereocenters. The molecule has 0 bridgehead atoms. The molecule has 0 saturated carbocycles. The van der Waals surface area contributed by atoms with Crippen LogP contribution < -0.4 is 0 Å². The SMILES string of the molecule is O=[N+]([O-])c1cc(S(=O)(=O)Cl)cc(I)c1Br. The number of nitro benzene ring substituents is 1. The zero-order valence-electron chi connectivity index (χ0n) is 6.78. The predicted octanol–water partition coefficient (Wildman–Crippen LogP) is 2.89. The molecule has 15 heavy (non-hydrogen) atoms. The summed E-state index contributed by atoms with van der Waals surface area (Å²) in [5, 5.41) is 10.6. The normalized spacial score (nSPS) is 11.4. The van der Waals surface area contributed by atoms with Gasteiger partial charge < -0.3 is 0 Å². The van der Waals surface area contributed by atoms with Gasteiger partial charge in [-0.05, 0) is 44.6 Å². The summed E-state index contributed by atoms with van der Waals surface area (Å²) < 4.78 is 22.6. The quantitative estimate of drug-likeness (QED) is 0.315. The molecule has 0 aliphatic rings. The van der Waals surface area contributed by atoms with Gasteiger partial charge in [-0.2, -0.15) is 0 Å². The molecular weight excluding hydrogens is 424 g/mol. The van der Waals surface area contributed by atoms with Crippen molar-refractivity contribution in [2.75, 3.05) is 0 Å². The van der Waals surface area contributed by atoms with Gasteiger partial charge in [0.25, 0.3) is 14.7 Å². The maximum atomic E-state index is 11.0. The summed E-state index contributed by atoms with van der Waals surface area (Å²) in [6.07, 6.45) is 0. The zero-order valence-corrected chi connectivity index (χ0v) is 12.1. The summed E-state index contributed by atoms with van der Waals surface area (Å²) in [6, 6.07) is 2.16. The lowest BCUT2D eigenvalue weighted by molar-refractivity contribution is -0.386. The zero-order chi connectivity index (χ0) is 11.8. The first-order chi connectivity index (χ1) is 6.73. The van der Waals surface area contributed by atoms with Crippen molar-refractivity contribution in [1.82, 2.24) is 0 Å². The number of benzene rings is 1. The highest BCUT2D eigenvalue weighted by Crippen LogP contribution is 2.33. The first-order valence-electron chi connectivity index (χ1n) is 3.31. The average Bonchev–Trinajstić information content (AvgIpc) is 2.06. The third-order valence-electron chi connectivity index (χ3n) is 1.46. The largest absolute Gasteiger partial charge is 0.285 e. The lowest BCUT2D eigenvalue weighted by atomic mass is 10.3. The van der Waals surface area contributed by atoms with Gasteiger partial charge in [0, 0.05) is 20.3 Å². The van der Waals surface area contributed by atoms with Crippen LogP contribution in [0, 0.1) is 13.7 Å². The van der Waals surface area contributed by atoms with Crippen molar-refractivity contribution in [1.29, 1.82) is 0 Å². The van der Waals surface area contributed by atoms with E-state index < -0.39 is 14.0 Å². The highest BCUT2D eigenvalue weighted by molar-refractivity contribution is 14.1. The van der Waals surface area contributed by atoms with Crippen molar-refractivity contribution in [2.45, 2.75) is 4.90 Å². The van der Waals surface area contributed by atoms with Gasteiger partial charge in [-0.15, -0.1) is 0 Å². The van der Waals surface area contributed by atoms with Crippen LogP contribution in [0.25, 0.3) is 0 Å². The molecule has 0 amide bonds. The van der Waals surface area contributed by atoms with Crippen molar-refractivity contribution in [3.8, 4) is 0 Å². The molecule has 0 aliphatic carbocycles. The minimum absolute atomic E-state index is 0.233. The van der Waals surface area contributed by atoms with Gasteiger partial charge >= 0.3 is 0 Å². The van der Waals surface area contributed by atoms with E-state index in [2.05, 4.69) is 15.9 Å². The van der Waals surface area contributed by atoms with Crippen molar-refractivity contribution in [3.63, 3.8) is 0 Å². The number of halogens is 3. The molecule has 0 fully saturated rings. The predicted molar refractivity (Wildman–Crippen MR) is 66.6 cm³/mol. The molecule has 1 aromatic rings. The van der Waals surface area contributed by atoms with Gasteiger partial charge in [-0.1, -0.05) is 0 Å². The summed E-state index contributed by atoms with van der Waals surface area (Å²) >= 11 is 4.77. The van der Waals surface area contributed by atoms with E-state index in [9.17, 15) is 18.5 Å².